The number of hydrogen-bond acceptors (Lipinski definition) is 6. The lowest BCUT2D eigenvalue weighted by atomic mass is 10.1. The molecule has 1 fully saturated rings. The van der Waals surface area contributed by atoms with Gasteiger partial charge in [0.05, 0.1) is 4.90 Å². The highest BCUT2D eigenvalue weighted by atomic mass is 32.2. The number of nitrogen functional groups attached to an aromatic ring is 1. The van der Waals surface area contributed by atoms with Crippen LogP contribution in [0, 0.1) is 0 Å². The van der Waals surface area contributed by atoms with Crippen molar-refractivity contribution in [2.75, 3.05) is 5.73 Å². The summed E-state index contributed by atoms with van der Waals surface area (Å²) in [4.78, 5) is 26.1. The number of nitrogens with one attached hydrogen (secondary N) is 2. The van der Waals surface area contributed by atoms with Crippen molar-refractivity contribution < 1.29 is 18.0 Å². The molecule has 2 rings (SSSR count). The van der Waals surface area contributed by atoms with Gasteiger partial charge in [0, 0.05) is 18.7 Å². The summed E-state index contributed by atoms with van der Waals surface area (Å²) in [6.45, 7) is 0. The van der Waals surface area contributed by atoms with Crippen LogP contribution in [0.1, 0.15) is 12.8 Å². The van der Waals surface area contributed by atoms with E-state index >= 15 is 0 Å². The molecule has 0 aromatic carbocycles. The molecular formula is C10H12N4O4S. The van der Waals surface area contributed by atoms with Crippen LogP contribution in [-0.2, 0) is 19.6 Å². The molecule has 9 heteroatoms. The Morgan fingerprint density at radius 2 is 2.16 bits per heavy atom. The zero-order valence-corrected chi connectivity index (χ0v) is 10.6. The number of piperidine rings is 1. The Morgan fingerprint density at radius 3 is 2.79 bits per heavy atom. The Bertz CT molecular complexity index is 628. The minimum absolute atomic E-state index is 0.0612. The third kappa shape index (κ3) is 3.06. The van der Waals surface area contributed by atoms with Gasteiger partial charge in [0.2, 0.25) is 21.8 Å². The zero-order chi connectivity index (χ0) is 14.0. The fourth-order valence-corrected chi connectivity index (χ4v) is 2.91. The van der Waals surface area contributed by atoms with Crippen molar-refractivity contribution in [3.8, 4) is 0 Å². The molecule has 19 heavy (non-hydrogen) atoms. The molecule has 1 aromatic heterocycles. The van der Waals surface area contributed by atoms with Gasteiger partial charge in [-0.3, -0.25) is 14.9 Å². The number of imide groups is 1. The smallest absolute Gasteiger partial charge is 0.244 e. The quantitative estimate of drug-likeness (QED) is 0.594. The molecule has 1 aliphatic heterocycles. The average molecular weight is 284 g/mol. The molecule has 1 aromatic rings. The molecule has 2 amide bonds. The molecule has 102 valence electrons. The molecule has 4 N–H and O–H groups in total. The van der Waals surface area contributed by atoms with Crippen LogP contribution in [0.15, 0.2) is 23.2 Å². The first-order valence-corrected chi connectivity index (χ1v) is 6.94. The SMILES string of the molecule is Nc1cc(S(=O)(=O)NC2CCC(=O)NC2=O)ccn1. The van der Waals surface area contributed by atoms with Crippen molar-refractivity contribution >= 4 is 27.7 Å². The van der Waals surface area contributed by atoms with Crippen LogP contribution in [0.4, 0.5) is 5.82 Å². The van der Waals surface area contributed by atoms with E-state index in [1.807, 2.05) is 0 Å². The van der Waals surface area contributed by atoms with Crippen molar-refractivity contribution in [1.29, 1.82) is 0 Å². The van der Waals surface area contributed by atoms with Gasteiger partial charge in [0.25, 0.3) is 0 Å². The summed E-state index contributed by atoms with van der Waals surface area (Å²) in [5.74, 6) is -0.999. The third-order valence-corrected chi connectivity index (χ3v) is 4.07. The van der Waals surface area contributed by atoms with Gasteiger partial charge in [0.1, 0.15) is 11.9 Å². The van der Waals surface area contributed by atoms with Crippen LogP contribution in [-0.4, -0.2) is 31.3 Å². The van der Waals surface area contributed by atoms with Gasteiger partial charge in [0.15, 0.2) is 0 Å². The maximum atomic E-state index is 12.0. The summed E-state index contributed by atoms with van der Waals surface area (Å²) < 4.78 is 26.3. The number of sulfonamides is 1. The second-order valence-corrected chi connectivity index (χ2v) is 5.76. The fourth-order valence-electron chi connectivity index (χ4n) is 1.66. The maximum absolute atomic E-state index is 12.0. The number of nitrogens with zero attached hydrogens (tertiary/aromatic N) is 1. The first-order chi connectivity index (χ1) is 8.88. The van der Waals surface area contributed by atoms with Crippen molar-refractivity contribution in [3.05, 3.63) is 18.3 Å². The van der Waals surface area contributed by atoms with Crippen LogP contribution in [0.5, 0.6) is 0 Å². The molecule has 0 saturated carbocycles. The Kier molecular flexibility index (Phi) is 3.49. The highest BCUT2D eigenvalue weighted by Crippen LogP contribution is 2.13. The normalized spacial score (nSPS) is 20.1. The second kappa shape index (κ2) is 4.94. The number of pyridine rings is 1. The molecule has 1 aliphatic rings. The Hall–Kier alpha value is -2.00. The van der Waals surface area contributed by atoms with Crippen LogP contribution < -0.4 is 15.8 Å². The first-order valence-electron chi connectivity index (χ1n) is 5.46. The third-order valence-electron chi connectivity index (χ3n) is 2.60. The van der Waals surface area contributed by atoms with E-state index in [0.717, 1.165) is 0 Å². The largest absolute Gasteiger partial charge is 0.384 e. The first kappa shape index (κ1) is 13.4. The zero-order valence-electron chi connectivity index (χ0n) is 9.79. The Labute approximate surface area is 109 Å². The number of amides is 2. The van der Waals surface area contributed by atoms with Gasteiger partial charge in [-0.15, -0.1) is 0 Å². The van der Waals surface area contributed by atoms with Gasteiger partial charge in [-0.25, -0.2) is 13.4 Å². The topological polar surface area (TPSA) is 131 Å². The molecule has 2 heterocycles. The number of carbonyl (C=O) groups excluding carboxylic acids is 2. The minimum atomic E-state index is -3.87. The van der Waals surface area contributed by atoms with Crippen LogP contribution in [0.25, 0.3) is 0 Å². The van der Waals surface area contributed by atoms with E-state index in [9.17, 15) is 18.0 Å². The number of hydrogen-bond donors (Lipinski definition) is 3. The van der Waals surface area contributed by atoms with Gasteiger partial charge in [-0.05, 0) is 12.5 Å². The van der Waals surface area contributed by atoms with Crippen molar-refractivity contribution in [2.45, 2.75) is 23.8 Å². The number of nitrogens with two attached hydrogens (primary N) is 1. The molecule has 8 nitrogen and oxygen atoms in total. The number of rotatable bonds is 3. The van der Waals surface area contributed by atoms with Crippen molar-refractivity contribution in [1.82, 2.24) is 15.0 Å². The van der Waals surface area contributed by atoms with Crippen molar-refractivity contribution in [3.63, 3.8) is 0 Å². The Balaban J connectivity index is 2.18. The van der Waals surface area contributed by atoms with E-state index in [1.54, 1.807) is 0 Å². The summed E-state index contributed by atoms with van der Waals surface area (Å²) in [6, 6.07) is 1.50. The van der Waals surface area contributed by atoms with Crippen LogP contribution >= 0.6 is 0 Å². The standard InChI is InChI=1S/C10H12N4O4S/c11-8-5-6(3-4-12-8)19(17,18)14-7-1-2-9(15)13-10(7)16/h3-5,7,14H,1-2H2,(H2,11,12)(H,13,15,16). The summed E-state index contributed by atoms with van der Waals surface area (Å²) in [5.41, 5.74) is 5.41. The second-order valence-electron chi connectivity index (χ2n) is 4.04. The summed E-state index contributed by atoms with van der Waals surface area (Å²) >= 11 is 0. The molecule has 1 saturated heterocycles. The molecule has 1 atom stereocenters. The molecule has 0 spiro atoms. The Morgan fingerprint density at radius 1 is 1.42 bits per heavy atom. The average Bonchev–Trinajstić information content (AvgIpc) is 2.33. The predicted molar refractivity (Wildman–Crippen MR) is 65.1 cm³/mol. The number of anilines is 1. The molecule has 0 radical (unpaired) electrons. The van der Waals surface area contributed by atoms with E-state index in [-0.39, 0.29) is 23.6 Å². The van der Waals surface area contributed by atoms with Gasteiger partial charge in [-0.2, -0.15) is 4.72 Å². The number of carbonyl (C=O) groups is 2. The lowest BCUT2D eigenvalue weighted by Crippen LogP contribution is -2.52. The maximum Gasteiger partial charge on any atom is 0.244 e. The van der Waals surface area contributed by atoms with E-state index < -0.39 is 27.9 Å². The summed E-state index contributed by atoms with van der Waals surface area (Å²) in [5, 5.41) is 2.07. The van der Waals surface area contributed by atoms with Gasteiger partial charge in [-0.1, -0.05) is 0 Å². The van der Waals surface area contributed by atoms with Crippen LogP contribution in [0.2, 0.25) is 0 Å². The predicted octanol–water partition coefficient (Wildman–Crippen LogP) is -1.25. The molecule has 1 unspecified atom stereocenters. The molecule has 0 aliphatic carbocycles. The van der Waals surface area contributed by atoms with E-state index in [0.29, 0.717) is 0 Å². The van der Waals surface area contributed by atoms with Crippen LogP contribution in [0.3, 0.4) is 0 Å². The summed E-state index contributed by atoms with van der Waals surface area (Å²) in [7, 11) is -3.87. The highest BCUT2D eigenvalue weighted by Gasteiger charge is 2.30. The molecular weight excluding hydrogens is 272 g/mol. The van der Waals surface area contributed by atoms with E-state index in [4.69, 9.17) is 5.73 Å². The summed E-state index contributed by atoms with van der Waals surface area (Å²) in [6.07, 6.45) is 1.48. The van der Waals surface area contributed by atoms with E-state index in [2.05, 4.69) is 15.0 Å². The molecule has 0 bridgehead atoms. The monoisotopic (exact) mass is 284 g/mol. The lowest BCUT2D eigenvalue weighted by Gasteiger charge is -2.21. The minimum Gasteiger partial charge on any atom is -0.384 e. The lowest BCUT2D eigenvalue weighted by molar-refractivity contribution is -0.134. The van der Waals surface area contributed by atoms with Gasteiger partial charge >= 0.3 is 0 Å². The van der Waals surface area contributed by atoms with Crippen molar-refractivity contribution in [2.24, 2.45) is 0 Å². The van der Waals surface area contributed by atoms with Gasteiger partial charge < -0.3 is 5.73 Å². The fraction of sp³-hybridized carbons (Fsp3) is 0.300. The number of aromatic nitrogens is 1. The van der Waals surface area contributed by atoms with E-state index in [1.165, 1.54) is 18.3 Å². The highest BCUT2D eigenvalue weighted by molar-refractivity contribution is 7.89.